The van der Waals surface area contributed by atoms with Crippen molar-refractivity contribution < 1.29 is 8.83 Å². The van der Waals surface area contributed by atoms with Crippen LogP contribution >= 0.6 is 0 Å². The first-order valence-corrected chi connectivity index (χ1v) is 34.8. The van der Waals surface area contributed by atoms with Gasteiger partial charge in [0, 0.05) is 55.4 Å². The van der Waals surface area contributed by atoms with Gasteiger partial charge in [0.05, 0.1) is 11.4 Å². The number of hydrogen-bond acceptors (Lipinski definition) is 4. The average molecular weight is 1300 g/mol. The number of para-hydroxylation sites is 2. The van der Waals surface area contributed by atoms with Gasteiger partial charge >= 0.3 is 0 Å². The third-order valence-electron chi connectivity index (χ3n) is 20.3. The molecule has 0 fully saturated rings. The number of hydrogen-bond donors (Lipinski definition) is 0. The topological polar surface area (TPSA) is 32.8 Å². The highest BCUT2D eigenvalue weighted by atomic mass is 16.3. The van der Waals surface area contributed by atoms with Crippen LogP contribution in [0, 0.1) is 0 Å². The van der Waals surface area contributed by atoms with Crippen molar-refractivity contribution in [2.24, 2.45) is 0 Å². The summed E-state index contributed by atoms with van der Waals surface area (Å²) in [6, 6.07) is 141. The lowest BCUT2D eigenvalue weighted by molar-refractivity contribution is 0.668. The molecule has 0 amide bonds. The Balaban J connectivity index is 0.715. The van der Waals surface area contributed by atoms with Gasteiger partial charge in [-0.25, -0.2) is 0 Å². The molecule has 19 rings (SSSR count). The second kappa shape index (κ2) is 25.4. The van der Waals surface area contributed by atoms with E-state index in [1.165, 1.54) is 16.7 Å². The highest BCUT2D eigenvalue weighted by Gasteiger charge is 2.25. The number of furan rings is 2. The fourth-order valence-corrected chi connectivity index (χ4v) is 15.2. The molecule has 4 nitrogen and oxygen atoms in total. The lowest BCUT2D eigenvalue weighted by atomic mass is 9.92. The Kier molecular flexibility index (Phi) is 14.9. The Bertz CT molecular complexity index is 6340. The second-order valence-electron chi connectivity index (χ2n) is 26.3. The van der Waals surface area contributed by atoms with Crippen LogP contribution < -0.4 is 9.80 Å². The highest BCUT2D eigenvalue weighted by Crippen LogP contribution is 2.50. The van der Waals surface area contributed by atoms with Gasteiger partial charge in [-0.05, 0) is 203 Å². The quantitative estimate of drug-likeness (QED) is 0.109. The molecule has 0 aliphatic carbocycles. The van der Waals surface area contributed by atoms with Crippen molar-refractivity contribution in [2.75, 3.05) is 9.80 Å². The van der Waals surface area contributed by atoms with E-state index in [2.05, 4.69) is 386 Å². The third kappa shape index (κ3) is 10.9. The van der Waals surface area contributed by atoms with Crippen LogP contribution in [-0.4, -0.2) is 0 Å². The summed E-state index contributed by atoms with van der Waals surface area (Å²) in [6.07, 6.45) is 0. The zero-order valence-corrected chi connectivity index (χ0v) is 55.7. The number of rotatable bonds is 14. The molecule has 2 heterocycles. The maximum absolute atomic E-state index is 6.66. The van der Waals surface area contributed by atoms with Crippen molar-refractivity contribution in [3.63, 3.8) is 0 Å². The predicted molar refractivity (Wildman–Crippen MR) is 429 cm³/mol. The van der Waals surface area contributed by atoms with Gasteiger partial charge in [-0.15, -0.1) is 0 Å². The number of anilines is 6. The van der Waals surface area contributed by atoms with Gasteiger partial charge in [-0.1, -0.05) is 285 Å². The minimum atomic E-state index is 0.850. The van der Waals surface area contributed by atoms with Gasteiger partial charge in [0.15, 0.2) is 0 Å². The summed E-state index contributed by atoms with van der Waals surface area (Å²) in [5, 5.41) is 8.99. The Labute approximate surface area is 591 Å². The Morgan fingerprint density at radius 3 is 0.922 bits per heavy atom. The van der Waals surface area contributed by atoms with Crippen LogP contribution in [0.4, 0.5) is 34.1 Å². The normalized spacial score (nSPS) is 11.5. The summed E-state index contributed by atoms with van der Waals surface area (Å²) in [5.74, 6) is 0. The predicted octanol–water partition coefficient (Wildman–Crippen LogP) is 28.1. The van der Waals surface area contributed by atoms with Gasteiger partial charge in [0.1, 0.15) is 22.3 Å². The molecular formula is C98H64N2O2. The maximum Gasteiger partial charge on any atom is 0.136 e. The van der Waals surface area contributed by atoms with E-state index in [1.54, 1.807) is 0 Å². The number of fused-ring (bicyclic) bond motifs is 8. The minimum Gasteiger partial charge on any atom is -0.456 e. The van der Waals surface area contributed by atoms with E-state index in [4.69, 9.17) is 8.83 Å². The summed E-state index contributed by atoms with van der Waals surface area (Å²) in [5.41, 5.74) is 27.9. The molecule has 0 radical (unpaired) electrons. The van der Waals surface area contributed by atoms with Crippen molar-refractivity contribution >= 4 is 99.5 Å². The molecule has 0 unspecified atom stereocenters. The first-order chi connectivity index (χ1) is 50.5. The molecule has 102 heavy (non-hydrogen) atoms. The van der Waals surface area contributed by atoms with Crippen molar-refractivity contribution in [1.29, 1.82) is 0 Å². The van der Waals surface area contributed by atoms with E-state index in [-0.39, 0.29) is 0 Å². The van der Waals surface area contributed by atoms with Crippen molar-refractivity contribution in [2.45, 2.75) is 0 Å². The number of nitrogens with zero attached hydrogens (tertiary/aromatic N) is 2. The number of benzene rings is 17. The summed E-state index contributed by atoms with van der Waals surface area (Å²) in [7, 11) is 0. The molecule has 0 saturated heterocycles. The van der Waals surface area contributed by atoms with E-state index in [0.717, 1.165) is 172 Å². The largest absolute Gasteiger partial charge is 0.456 e. The van der Waals surface area contributed by atoms with Crippen molar-refractivity contribution in [3.05, 3.63) is 388 Å². The van der Waals surface area contributed by atoms with Gasteiger partial charge in [0.2, 0.25) is 0 Å². The molecule has 4 heteroatoms. The molecule has 0 spiro atoms. The van der Waals surface area contributed by atoms with Gasteiger partial charge in [-0.2, -0.15) is 0 Å². The zero-order chi connectivity index (χ0) is 67.5. The maximum atomic E-state index is 6.66. The molecule has 2 aromatic heterocycles. The lowest BCUT2D eigenvalue weighted by Gasteiger charge is -2.29. The molecule has 0 aliphatic rings. The zero-order valence-electron chi connectivity index (χ0n) is 55.7. The van der Waals surface area contributed by atoms with Crippen LogP contribution in [0.25, 0.3) is 154 Å². The van der Waals surface area contributed by atoms with Crippen LogP contribution in [-0.2, 0) is 0 Å². The molecule has 0 atom stereocenters. The van der Waals surface area contributed by atoms with Crippen LogP contribution in [0.5, 0.6) is 0 Å². The van der Waals surface area contributed by atoms with Gasteiger partial charge < -0.3 is 18.6 Å². The second-order valence-corrected chi connectivity index (χ2v) is 26.3. The average Bonchev–Trinajstić information content (AvgIpc) is 1.20. The van der Waals surface area contributed by atoms with Crippen LogP contribution in [0.1, 0.15) is 0 Å². The smallest absolute Gasteiger partial charge is 0.136 e. The SMILES string of the molecule is c1ccc(-c2ccc(-c3ccc(N(c4cccc(-c5ccc(-c6ccc7c(-c8ccc9c(c8)oc8ccccc89)c(N(c8ccc(-c9ccccc9)cc8)c8cccc(-c9ccccc9)c8)ccc7c6)cc5)c4)c4ccc5ccccc5c4-c4ccc5c(c4)oc4ccccc45)cc3)cc2)cc1. The van der Waals surface area contributed by atoms with Gasteiger partial charge in [0.25, 0.3) is 0 Å². The van der Waals surface area contributed by atoms with E-state index in [9.17, 15) is 0 Å². The van der Waals surface area contributed by atoms with Crippen LogP contribution in [0.15, 0.2) is 397 Å². The molecule has 0 aliphatic heterocycles. The standard InChI is InChI=1S/C98H64N2O2/c1-4-18-65(19-5-1)68-34-36-69(37-35-68)71-44-53-82(54-45-71)99(91-58-49-74-24-10-11-29-85(74)97(91)79-47-56-89-87-30-12-14-32-93(87)101-95(89)63-79)84-28-17-26-76(62-84)72-38-40-73(41-39-72)77-46-55-86-78(60-77)50-59-92(98(86)80-48-57-90-88-31-13-15-33-94(88)102-96(90)64-80)100(81-51-42-70(43-52-81)66-20-6-2-7-21-66)83-27-16-25-75(61-83)67-22-8-3-9-23-67/h1-64H. The summed E-state index contributed by atoms with van der Waals surface area (Å²) in [4.78, 5) is 4.85. The molecule has 478 valence electrons. The summed E-state index contributed by atoms with van der Waals surface area (Å²) >= 11 is 0. The first-order valence-electron chi connectivity index (χ1n) is 34.8. The lowest BCUT2D eigenvalue weighted by Crippen LogP contribution is -2.11. The van der Waals surface area contributed by atoms with Crippen LogP contribution in [0.3, 0.4) is 0 Å². The third-order valence-corrected chi connectivity index (χ3v) is 20.3. The monoisotopic (exact) mass is 1300 g/mol. The van der Waals surface area contributed by atoms with E-state index >= 15 is 0 Å². The Hall–Kier alpha value is -13.5. The molecule has 17 aromatic carbocycles. The summed E-state index contributed by atoms with van der Waals surface area (Å²) < 4.78 is 13.3. The highest BCUT2D eigenvalue weighted by molar-refractivity contribution is 6.12. The molecule has 19 aromatic rings. The fourth-order valence-electron chi connectivity index (χ4n) is 15.2. The van der Waals surface area contributed by atoms with E-state index in [1.807, 2.05) is 12.1 Å². The molecule has 0 bridgehead atoms. The molecular weight excluding hydrogens is 1240 g/mol. The summed E-state index contributed by atoms with van der Waals surface area (Å²) in [6.45, 7) is 0. The minimum absolute atomic E-state index is 0.850. The van der Waals surface area contributed by atoms with Crippen molar-refractivity contribution in [3.8, 4) is 89.0 Å². The van der Waals surface area contributed by atoms with E-state index < -0.39 is 0 Å². The fraction of sp³-hybridized carbons (Fsp3) is 0. The molecule has 0 saturated carbocycles. The molecule has 0 N–H and O–H groups in total. The van der Waals surface area contributed by atoms with E-state index in [0.29, 0.717) is 0 Å². The Morgan fingerprint density at radius 1 is 0.157 bits per heavy atom. The first kappa shape index (κ1) is 59.7. The van der Waals surface area contributed by atoms with Crippen molar-refractivity contribution in [1.82, 2.24) is 0 Å². The van der Waals surface area contributed by atoms with Crippen LogP contribution in [0.2, 0.25) is 0 Å². The van der Waals surface area contributed by atoms with Gasteiger partial charge in [-0.3, -0.25) is 0 Å². The Morgan fingerprint density at radius 2 is 0.461 bits per heavy atom.